The van der Waals surface area contributed by atoms with Crippen LogP contribution in [0.5, 0.6) is 5.75 Å². The van der Waals surface area contributed by atoms with E-state index in [1.165, 1.54) is 0 Å². The number of carbonyl (C=O) groups excluding carboxylic acids is 1. The highest BCUT2D eigenvalue weighted by Crippen LogP contribution is 2.24. The summed E-state index contributed by atoms with van der Waals surface area (Å²) in [4.78, 5) is 12.1. The van der Waals surface area contributed by atoms with Crippen LogP contribution in [0.25, 0.3) is 11.0 Å². The van der Waals surface area contributed by atoms with Gasteiger partial charge in [0.05, 0.1) is 6.42 Å². The lowest BCUT2D eigenvalue weighted by Gasteiger charge is -2.08. The summed E-state index contributed by atoms with van der Waals surface area (Å²) in [6.45, 7) is 1.75. The number of carbonyl (C=O) groups is 1. The van der Waals surface area contributed by atoms with E-state index in [1.54, 1.807) is 25.1 Å². The van der Waals surface area contributed by atoms with Gasteiger partial charge in [0.25, 0.3) is 0 Å². The number of para-hydroxylation sites is 1. The van der Waals surface area contributed by atoms with Crippen molar-refractivity contribution in [1.82, 2.24) is 5.16 Å². The molecule has 0 bridgehead atoms. The Morgan fingerprint density at radius 1 is 1.24 bits per heavy atom. The molecule has 3 rings (SSSR count). The number of phenolic OH excluding ortho intramolecular Hbond substituents is 1. The molecule has 21 heavy (non-hydrogen) atoms. The third-order valence-corrected chi connectivity index (χ3v) is 3.36. The molecule has 1 aromatic heterocycles. The molecular formula is C16H14N2O3. The van der Waals surface area contributed by atoms with Gasteiger partial charge in [0.15, 0.2) is 5.58 Å². The SMILES string of the molecule is Cc1c(O)cccc1NC(=O)Cc1noc2ccccc12. The highest BCUT2D eigenvalue weighted by atomic mass is 16.5. The molecule has 2 N–H and O–H groups in total. The van der Waals surface area contributed by atoms with Crippen LogP contribution in [0.2, 0.25) is 0 Å². The molecule has 5 heteroatoms. The number of benzene rings is 2. The summed E-state index contributed by atoms with van der Waals surface area (Å²) in [5.74, 6) is -0.0533. The van der Waals surface area contributed by atoms with Crippen LogP contribution in [0, 0.1) is 6.92 Å². The van der Waals surface area contributed by atoms with Crippen LogP contribution in [0.15, 0.2) is 47.0 Å². The van der Waals surface area contributed by atoms with Gasteiger partial charge in [0.2, 0.25) is 5.91 Å². The molecule has 0 aliphatic rings. The first-order valence-corrected chi connectivity index (χ1v) is 6.57. The summed E-state index contributed by atoms with van der Waals surface area (Å²) >= 11 is 0. The second-order valence-corrected chi connectivity index (χ2v) is 4.80. The monoisotopic (exact) mass is 282 g/mol. The standard InChI is InChI=1S/C16H14N2O3/c1-10-12(6-4-7-14(10)19)17-16(20)9-13-11-5-2-3-8-15(11)21-18-13/h2-8,19H,9H2,1H3,(H,17,20). The molecule has 3 aromatic rings. The molecule has 0 atom stereocenters. The second-order valence-electron chi connectivity index (χ2n) is 4.80. The van der Waals surface area contributed by atoms with Crippen molar-refractivity contribution in [2.45, 2.75) is 13.3 Å². The van der Waals surface area contributed by atoms with Crippen molar-refractivity contribution in [2.75, 3.05) is 5.32 Å². The van der Waals surface area contributed by atoms with Crippen LogP contribution in [0.4, 0.5) is 5.69 Å². The van der Waals surface area contributed by atoms with Gasteiger partial charge >= 0.3 is 0 Å². The van der Waals surface area contributed by atoms with Crippen molar-refractivity contribution in [2.24, 2.45) is 0 Å². The van der Waals surface area contributed by atoms with Gasteiger partial charge in [-0.1, -0.05) is 23.4 Å². The van der Waals surface area contributed by atoms with Crippen LogP contribution in [-0.4, -0.2) is 16.2 Å². The molecule has 1 heterocycles. The molecule has 0 aliphatic carbocycles. The minimum absolute atomic E-state index is 0.117. The Bertz CT molecular complexity index is 808. The molecule has 0 spiro atoms. The van der Waals surface area contributed by atoms with E-state index in [9.17, 15) is 9.90 Å². The van der Waals surface area contributed by atoms with E-state index in [1.807, 2.05) is 24.3 Å². The lowest BCUT2D eigenvalue weighted by molar-refractivity contribution is -0.115. The van der Waals surface area contributed by atoms with Gasteiger partial charge in [0.1, 0.15) is 11.4 Å². The lowest BCUT2D eigenvalue weighted by Crippen LogP contribution is -2.15. The molecule has 5 nitrogen and oxygen atoms in total. The zero-order valence-electron chi connectivity index (χ0n) is 11.5. The molecule has 0 fully saturated rings. The van der Waals surface area contributed by atoms with E-state index in [4.69, 9.17) is 4.52 Å². The number of fused-ring (bicyclic) bond motifs is 1. The third-order valence-electron chi connectivity index (χ3n) is 3.36. The Labute approximate surface area is 121 Å². The number of aromatic hydroxyl groups is 1. The van der Waals surface area contributed by atoms with E-state index in [0.717, 1.165) is 5.39 Å². The molecule has 106 valence electrons. The first-order chi connectivity index (χ1) is 10.1. The van der Waals surface area contributed by atoms with Crippen molar-refractivity contribution >= 4 is 22.6 Å². The van der Waals surface area contributed by atoms with Crippen LogP contribution in [-0.2, 0) is 11.2 Å². The number of hydrogen-bond donors (Lipinski definition) is 2. The van der Waals surface area contributed by atoms with E-state index in [2.05, 4.69) is 10.5 Å². The molecule has 1 amide bonds. The predicted octanol–water partition coefficient (Wildman–Crippen LogP) is 3.02. The Kier molecular flexibility index (Phi) is 3.31. The smallest absolute Gasteiger partial charge is 0.230 e. The summed E-state index contributed by atoms with van der Waals surface area (Å²) in [7, 11) is 0. The fourth-order valence-corrected chi connectivity index (χ4v) is 2.17. The fourth-order valence-electron chi connectivity index (χ4n) is 2.17. The van der Waals surface area contributed by atoms with Crippen molar-refractivity contribution < 1.29 is 14.4 Å². The average Bonchev–Trinajstić information content (AvgIpc) is 2.87. The fraction of sp³-hybridized carbons (Fsp3) is 0.125. The minimum atomic E-state index is -0.206. The molecule has 0 aliphatic heterocycles. The molecule has 2 aromatic carbocycles. The van der Waals surface area contributed by atoms with E-state index in [0.29, 0.717) is 22.5 Å². The third kappa shape index (κ3) is 2.58. The average molecular weight is 282 g/mol. The molecular weight excluding hydrogens is 268 g/mol. The first-order valence-electron chi connectivity index (χ1n) is 6.57. The quantitative estimate of drug-likeness (QED) is 0.774. The number of hydrogen-bond acceptors (Lipinski definition) is 4. The van der Waals surface area contributed by atoms with Crippen molar-refractivity contribution in [3.8, 4) is 5.75 Å². The Balaban J connectivity index is 1.79. The second kappa shape index (κ2) is 5.28. The van der Waals surface area contributed by atoms with Crippen LogP contribution < -0.4 is 5.32 Å². The number of amides is 1. The largest absolute Gasteiger partial charge is 0.508 e. The van der Waals surface area contributed by atoms with Gasteiger partial charge in [-0.15, -0.1) is 0 Å². The Morgan fingerprint density at radius 2 is 2.05 bits per heavy atom. The molecule has 0 unspecified atom stereocenters. The maximum Gasteiger partial charge on any atom is 0.230 e. The number of anilines is 1. The molecule has 0 saturated carbocycles. The number of rotatable bonds is 3. The predicted molar refractivity (Wildman–Crippen MR) is 79.2 cm³/mol. The lowest BCUT2D eigenvalue weighted by atomic mass is 10.1. The highest BCUT2D eigenvalue weighted by molar-refractivity contribution is 5.95. The zero-order valence-corrected chi connectivity index (χ0v) is 11.5. The van der Waals surface area contributed by atoms with Crippen molar-refractivity contribution in [1.29, 1.82) is 0 Å². The summed E-state index contributed by atoms with van der Waals surface area (Å²) < 4.78 is 5.17. The van der Waals surface area contributed by atoms with Gasteiger partial charge < -0.3 is 14.9 Å². The topological polar surface area (TPSA) is 75.4 Å². The van der Waals surface area contributed by atoms with Gasteiger partial charge in [0, 0.05) is 16.6 Å². The highest BCUT2D eigenvalue weighted by Gasteiger charge is 2.13. The van der Waals surface area contributed by atoms with Crippen LogP contribution in [0.3, 0.4) is 0 Å². The van der Waals surface area contributed by atoms with Crippen molar-refractivity contribution in [3.05, 3.63) is 53.7 Å². The number of aromatic nitrogens is 1. The van der Waals surface area contributed by atoms with Crippen LogP contribution in [0.1, 0.15) is 11.3 Å². The maximum atomic E-state index is 12.1. The number of nitrogens with zero attached hydrogens (tertiary/aromatic N) is 1. The normalized spacial score (nSPS) is 10.7. The Hall–Kier alpha value is -2.82. The van der Waals surface area contributed by atoms with E-state index < -0.39 is 0 Å². The number of phenols is 1. The van der Waals surface area contributed by atoms with E-state index >= 15 is 0 Å². The summed E-state index contributed by atoms with van der Waals surface area (Å²) in [6.07, 6.45) is 0.117. The summed E-state index contributed by atoms with van der Waals surface area (Å²) in [6, 6.07) is 12.4. The van der Waals surface area contributed by atoms with Gasteiger partial charge in [-0.05, 0) is 31.2 Å². The maximum absolute atomic E-state index is 12.1. The zero-order chi connectivity index (χ0) is 14.8. The summed E-state index contributed by atoms with van der Waals surface area (Å²) in [5, 5.41) is 17.2. The van der Waals surface area contributed by atoms with E-state index in [-0.39, 0.29) is 18.1 Å². The van der Waals surface area contributed by atoms with Crippen LogP contribution >= 0.6 is 0 Å². The minimum Gasteiger partial charge on any atom is -0.508 e. The molecule has 0 saturated heterocycles. The summed E-state index contributed by atoms with van der Waals surface area (Å²) in [5.41, 5.74) is 2.48. The van der Waals surface area contributed by atoms with Gasteiger partial charge in [-0.2, -0.15) is 0 Å². The molecule has 0 radical (unpaired) electrons. The van der Waals surface area contributed by atoms with Gasteiger partial charge in [-0.25, -0.2) is 0 Å². The van der Waals surface area contributed by atoms with Gasteiger partial charge in [-0.3, -0.25) is 4.79 Å². The van der Waals surface area contributed by atoms with Crippen molar-refractivity contribution in [3.63, 3.8) is 0 Å². The first kappa shape index (κ1) is 13.2. The number of nitrogens with one attached hydrogen (secondary N) is 1. The Morgan fingerprint density at radius 3 is 2.90 bits per heavy atom.